The minimum absolute atomic E-state index is 0.208. The Hall–Kier alpha value is -2.96. The van der Waals surface area contributed by atoms with Gasteiger partial charge in [0.15, 0.2) is 5.52 Å². The SMILES string of the molecule is CC[C@H](C(=O)NCc1ccc(C)cc1)n1nc(C)c2c(C)onc2c1=O. The fourth-order valence-electron chi connectivity index (χ4n) is 3.00. The molecule has 2 aromatic heterocycles. The van der Waals surface area contributed by atoms with Crippen molar-refractivity contribution in [2.45, 2.75) is 46.7 Å². The normalized spacial score (nSPS) is 12.3. The smallest absolute Gasteiger partial charge is 0.297 e. The highest BCUT2D eigenvalue weighted by atomic mass is 16.5. The number of aromatic nitrogens is 3. The maximum absolute atomic E-state index is 12.7. The second-order valence-corrected chi connectivity index (χ2v) is 6.42. The zero-order valence-electron chi connectivity index (χ0n) is 15.4. The molecule has 0 aliphatic heterocycles. The molecule has 136 valence electrons. The van der Waals surface area contributed by atoms with Gasteiger partial charge in [0, 0.05) is 6.54 Å². The maximum atomic E-state index is 12.7. The molecular formula is C19H22N4O3. The molecule has 0 bridgehead atoms. The number of hydrogen-bond donors (Lipinski definition) is 1. The molecule has 3 rings (SSSR count). The highest BCUT2D eigenvalue weighted by Gasteiger charge is 2.24. The van der Waals surface area contributed by atoms with Crippen molar-refractivity contribution >= 4 is 16.8 Å². The van der Waals surface area contributed by atoms with E-state index in [9.17, 15) is 9.59 Å². The number of aryl methyl sites for hydroxylation is 3. The Morgan fingerprint density at radius 3 is 2.58 bits per heavy atom. The van der Waals surface area contributed by atoms with Crippen molar-refractivity contribution in [2.24, 2.45) is 0 Å². The van der Waals surface area contributed by atoms with Crippen LogP contribution in [0.2, 0.25) is 0 Å². The zero-order chi connectivity index (χ0) is 18.8. The fraction of sp³-hybridized carbons (Fsp3) is 0.368. The number of nitrogens with one attached hydrogen (secondary N) is 1. The standard InChI is InChI=1S/C19H22N4O3/c1-5-15(18(24)20-10-14-8-6-11(2)7-9-14)23-19(25)17-16(12(3)21-23)13(4)26-22-17/h6-9,15H,5,10H2,1-4H3,(H,20,24)/t15-/m1/s1. The predicted octanol–water partition coefficient (Wildman–Crippen LogP) is 2.58. The van der Waals surface area contributed by atoms with E-state index in [0.717, 1.165) is 11.1 Å². The van der Waals surface area contributed by atoms with Crippen molar-refractivity contribution in [1.29, 1.82) is 0 Å². The van der Waals surface area contributed by atoms with Crippen LogP contribution in [0, 0.1) is 20.8 Å². The summed E-state index contributed by atoms with van der Waals surface area (Å²) in [5, 5.41) is 11.7. The lowest BCUT2D eigenvalue weighted by Gasteiger charge is -2.17. The molecule has 0 saturated heterocycles. The van der Waals surface area contributed by atoms with E-state index in [4.69, 9.17) is 4.52 Å². The van der Waals surface area contributed by atoms with Gasteiger partial charge in [0.2, 0.25) is 5.91 Å². The Morgan fingerprint density at radius 2 is 1.92 bits per heavy atom. The molecule has 26 heavy (non-hydrogen) atoms. The molecule has 0 saturated carbocycles. The lowest BCUT2D eigenvalue weighted by molar-refractivity contribution is -0.125. The Bertz CT molecular complexity index is 1000. The lowest BCUT2D eigenvalue weighted by Crippen LogP contribution is -2.38. The third kappa shape index (κ3) is 3.24. The van der Waals surface area contributed by atoms with Crippen LogP contribution in [-0.2, 0) is 11.3 Å². The van der Waals surface area contributed by atoms with E-state index in [1.807, 2.05) is 38.1 Å². The molecular weight excluding hydrogens is 332 g/mol. The first kappa shape index (κ1) is 17.8. The second-order valence-electron chi connectivity index (χ2n) is 6.42. The number of rotatable bonds is 5. The van der Waals surface area contributed by atoms with Crippen LogP contribution in [0.15, 0.2) is 33.6 Å². The molecule has 2 heterocycles. The molecule has 0 unspecified atom stereocenters. The summed E-state index contributed by atoms with van der Waals surface area (Å²) in [4.78, 5) is 25.4. The van der Waals surface area contributed by atoms with Gasteiger partial charge >= 0.3 is 0 Å². The van der Waals surface area contributed by atoms with Crippen LogP contribution in [0.4, 0.5) is 0 Å². The van der Waals surface area contributed by atoms with Crippen LogP contribution >= 0.6 is 0 Å². The molecule has 1 aromatic carbocycles. The number of benzene rings is 1. The van der Waals surface area contributed by atoms with Gasteiger partial charge in [-0.25, -0.2) is 4.68 Å². The van der Waals surface area contributed by atoms with Crippen LogP contribution in [0.5, 0.6) is 0 Å². The molecule has 0 aliphatic rings. The number of hydrogen-bond acceptors (Lipinski definition) is 5. The average Bonchev–Trinajstić information content (AvgIpc) is 3.02. The van der Waals surface area contributed by atoms with Gasteiger partial charge < -0.3 is 9.84 Å². The van der Waals surface area contributed by atoms with E-state index in [2.05, 4.69) is 15.6 Å². The Balaban J connectivity index is 1.87. The maximum Gasteiger partial charge on any atom is 0.297 e. The molecule has 3 aromatic rings. The first-order valence-electron chi connectivity index (χ1n) is 8.61. The topological polar surface area (TPSA) is 90.0 Å². The van der Waals surface area contributed by atoms with Crippen molar-refractivity contribution in [1.82, 2.24) is 20.3 Å². The summed E-state index contributed by atoms with van der Waals surface area (Å²) < 4.78 is 6.33. The van der Waals surface area contributed by atoms with Crippen LogP contribution in [-0.4, -0.2) is 20.8 Å². The molecule has 1 N–H and O–H groups in total. The monoisotopic (exact) mass is 354 g/mol. The zero-order valence-corrected chi connectivity index (χ0v) is 15.4. The first-order chi connectivity index (χ1) is 12.4. The number of carbonyl (C=O) groups is 1. The number of carbonyl (C=O) groups excluding carboxylic acids is 1. The molecule has 0 spiro atoms. The van der Waals surface area contributed by atoms with Gasteiger partial charge in [-0.3, -0.25) is 9.59 Å². The van der Waals surface area contributed by atoms with E-state index in [-0.39, 0.29) is 11.4 Å². The van der Waals surface area contributed by atoms with Crippen molar-refractivity contribution in [3.63, 3.8) is 0 Å². The summed E-state index contributed by atoms with van der Waals surface area (Å²) in [6.45, 7) is 7.77. The van der Waals surface area contributed by atoms with E-state index < -0.39 is 11.6 Å². The summed E-state index contributed by atoms with van der Waals surface area (Å²) in [5.74, 6) is 0.299. The van der Waals surface area contributed by atoms with Crippen molar-refractivity contribution in [2.75, 3.05) is 0 Å². The van der Waals surface area contributed by atoms with Crippen molar-refractivity contribution in [3.8, 4) is 0 Å². The highest BCUT2D eigenvalue weighted by Crippen LogP contribution is 2.18. The Kier molecular flexibility index (Phi) is 4.88. The third-order valence-corrected chi connectivity index (χ3v) is 4.46. The predicted molar refractivity (Wildman–Crippen MR) is 97.9 cm³/mol. The fourth-order valence-corrected chi connectivity index (χ4v) is 3.00. The van der Waals surface area contributed by atoms with Gasteiger partial charge in [0.25, 0.3) is 5.56 Å². The van der Waals surface area contributed by atoms with Crippen molar-refractivity contribution < 1.29 is 9.32 Å². The number of nitrogens with zero attached hydrogens (tertiary/aromatic N) is 3. The molecule has 1 amide bonds. The lowest BCUT2D eigenvalue weighted by atomic mass is 10.1. The number of amides is 1. The summed E-state index contributed by atoms with van der Waals surface area (Å²) in [7, 11) is 0. The molecule has 1 atom stereocenters. The van der Waals surface area contributed by atoms with Crippen LogP contribution in [0.25, 0.3) is 10.9 Å². The first-order valence-corrected chi connectivity index (χ1v) is 8.61. The Morgan fingerprint density at radius 1 is 1.23 bits per heavy atom. The van der Waals surface area contributed by atoms with E-state index in [0.29, 0.717) is 29.8 Å². The van der Waals surface area contributed by atoms with Gasteiger partial charge in [0.1, 0.15) is 11.8 Å². The van der Waals surface area contributed by atoms with Crippen LogP contribution in [0.1, 0.15) is 42.0 Å². The number of fused-ring (bicyclic) bond motifs is 1. The van der Waals surface area contributed by atoms with Crippen LogP contribution < -0.4 is 10.9 Å². The second kappa shape index (κ2) is 7.11. The molecule has 0 radical (unpaired) electrons. The average molecular weight is 354 g/mol. The summed E-state index contributed by atoms with van der Waals surface area (Å²) in [5.41, 5.74) is 2.56. The third-order valence-electron chi connectivity index (χ3n) is 4.46. The van der Waals surface area contributed by atoms with Gasteiger partial charge in [-0.15, -0.1) is 0 Å². The summed E-state index contributed by atoms with van der Waals surface area (Å²) in [6, 6.07) is 7.22. The van der Waals surface area contributed by atoms with E-state index in [1.165, 1.54) is 4.68 Å². The quantitative estimate of drug-likeness (QED) is 0.760. The summed E-state index contributed by atoms with van der Waals surface area (Å²) >= 11 is 0. The highest BCUT2D eigenvalue weighted by molar-refractivity contribution is 5.83. The Labute approximate surface area is 151 Å². The minimum atomic E-state index is -0.701. The molecule has 7 nitrogen and oxygen atoms in total. The largest absolute Gasteiger partial charge is 0.360 e. The van der Waals surface area contributed by atoms with Gasteiger partial charge in [-0.1, -0.05) is 41.9 Å². The van der Waals surface area contributed by atoms with Gasteiger partial charge in [-0.05, 0) is 32.8 Å². The van der Waals surface area contributed by atoms with Gasteiger partial charge in [-0.2, -0.15) is 5.10 Å². The van der Waals surface area contributed by atoms with Crippen molar-refractivity contribution in [3.05, 3.63) is 57.2 Å². The summed E-state index contributed by atoms with van der Waals surface area (Å²) in [6.07, 6.45) is 0.439. The minimum Gasteiger partial charge on any atom is -0.360 e. The molecule has 0 fully saturated rings. The molecule has 7 heteroatoms. The van der Waals surface area contributed by atoms with Gasteiger partial charge in [0.05, 0.1) is 11.1 Å². The molecule has 0 aliphatic carbocycles. The van der Waals surface area contributed by atoms with E-state index >= 15 is 0 Å². The van der Waals surface area contributed by atoms with E-state index in [1.54, 1.807) is 13.8 Å². The van der Waals surface area contributed by atoms with Crippen LogP contribution in [0.3, 0.4) is 0 Å².